The number of nitrogens with zero attached hydrogens (tertiary/aromatic N) is 3. The van der Waals surface area contributed by atoms with Crippen molar-refractivity contribution in [2.75, 3.05) is 0 Å². The molecule has 0 aliphatic carbocycles. The topological polar surface area (TPSA) is 87.3 Å². The van der Waals surface area contributed by atoms with Gasteiger partial charge >= 0.3 is 0 Å². The Hall–Kier alpha value is -2.22. The molecule has 0 saturated carbocycles. The van der Waals surface area contributed by atoms with Crippen LogP contribution in [-0.2, 0) is 7.05 Å². The van der Waals surface area contributed by atoms with Crippen molar-refractivity contribution in [3.05, 3.63) is 44.0 Å². The van der Waals surface area contributed by atoms with Crippen LogP contribution in [0.2, 0.25) is 0 Å². The number of hydrogen-bond acceptors (Lipinski definition) is 5. The van der Waals surface area contributed by atoms with Crippen molar-refractivity contribution in [3.63, 3.8) is 0 Å². The van der Waals surface area contributed by atoms with Gasteiger partial charge in [0.2, 0.25) is 5.88 Å². The molecule has 0 aliphatic rings. The number of benzene rings is 1. The van der Waals surface area contributed by atoms with Crippen LogP contribution in [0.4, 0.5) is 5.69 Å². The molecule has 104 valence electrons. The van der Waals surface area contributed by atoms with E-state index in [-0.39, 0.29) is 17.3 Å². The number of carbonyl (C=O) groups is 1. The van der Waals surface area contributed by atoms with Crippen molar-refractivity contribution in [1.29, 1.82) is 0 Å². The van der Waals surface area contributed by atoms with E-state index in [1.165, 1.54) is 16.8 Å². The number of aldehydes is 1. The van der Waals surface area contributed by atoms with Gasteiger partial charge in [-0.05, 0) is 13.0 Å². The van der Waals surface area contributed by atoms with Gasteiger partial charge in [0.1, 0.15) is 5.75 Å². The fourth-order valence-electron chi connectivity index (χ4n) is 1.73. The summed E-state index contributed by atoms with van der Waals surface area (Å²) in [6.07, 6.45) is 0.643. The molecular weight excluding hydrogens is 330 g/mol. The molecular formula is C12H10BrN3O4. The average molecular weight is 340 g/mol. The van der Waals surface area contributed by atoms with Gasteiger partial charge in [-0.15, -0.1) is 0 Å². The molecule has 0 spiro atoms. The van der Waals surface area contributed by atoms with E-state index in [9.17, 15) is 14.9 Å². The van der Waals surface area contributed by atoms with Crippen molar-refractivity contribution >= 4 is 27.9 Å². The standard InChI is InChI=1S/C12H10BrN3O4/c1-7-11(6-17)12(15(2)14-7)20-10-4-8(13)3-9(5-10)16(18)19/h3-6H,1-2H3. The highest BCUT2D eigenvalue weighted by molar-refractivity contribution is 9.10. The second-order valence-corrected chi connectivity index (χ2v) is 4.97. The molecule has 20 heavy (non-hydrogen) atoms. The quantitative estimate of drug-likeness (QED) is 0.485. The Morgan fingerprint density at radius 1 is 1.45 bits per heavy atom. The molecule has 0 aliphatic heterocycles. The second kappa shape index (κ2) is 5.41. The summed E-state index contributed by atoms with van der Waals surface area (Å²) in [6, 6.07) is 4.22. The first-order valence-corrected chi connectivity index (χ1v) is 6.33. The Morgan fingerprint density at radius 2 is 2.15 bits per heavy atom. The fraction of sp³-hybridized carbons (Fsp3) is 0.167. The first-order chi connectivity index (χ1) is 9.42. The molecule has 0 radical (unpaired) electrons. The summed E-state index contributed by atoms with van der Waals surface area (Å²) < 4.78 is 7.47. The molecule has 0 atom stereocenters. The number of ether oxygens (including phenoxy) is 1. The summed E-state index contributed by atoms with van der Waals surface area (Å²) in [4.78, 5) is 21.3. The lowest BCUT2D eigenvalue weighted by atomic mass is 10.3. The highest BCUT2D eigenvalue weighted by Gasteiger charge is 2.17. The second-order valence-electron chi connectivity index (χ2n) is 4.05. The zero-order chi connectivity index (χ0) is 14.9. The number of nitro benzene ring substituents is 1. The molecule has 0 bridgehead atoms. The maximum atomic E-state index is 11.0. The molecule has 2 rings (SSSR count). The summed E-state index contributed by atoms with van der Waals surface area (Å²) in [5, 5.41) is 14.9. The van der Waals surface area contributed by atoms with Gasteiger partial charge in [0.15, 0.2) is 6.29 Å². The van der Waals surface area contributed by atoms with Gasteiger partial charge in [-0.25, -0.2) is 4.68 Å². The van der Waals surface area contributed by atoms with Gasteiger partial charge in [-0.2, -0.15) is 5.10 Å². The summed E-state index contributed by atoms with van der Waals surface area (Å²) in [5.41, 5.74) is 0.734. The van der Waals surface area contributed by atoms with Crippen molar-refractivity contribution in [1.82, 2.24) is 9.78 Å². The molecule has 0 amide bonds. The van der Waals surface area contributed by atoms with Gasteiger partial charge in [-0.3, -0.25) is 14.9 Å². The van der Waals surface area contributed by atoms with Gasteiger partial charge in [0.25, 0.3) is 5.69 Å². The molecule has 1 heterocycles. The average Bonchev–Trinajstić information content (AvgIpc) is 2.63. The minimum Gasteiger partial charge on any atom is -0.438 e. The number of rotatable bonds is 4. The lowest BCUT2D eigenvalue weighted by Crippen LogP contribution is -1.97. The predicted octanol–water partition coefficient (Wildman–Crippen LogP) is 3.00. The Morgan fingerprint density at radius 3 is 2.75 bits per heavy atom. The first-order valence-electron chi connectivity index (χ1n) is 5.54. The Balaban J connectivity index is 2.45. The SMILES string of the molecule is Cc1nn(C)c(Oc2cc(Br)cc([N+](=O)[O-])c2)c1C=O. The van der Waals surface area contributed by atoms with E-state index in [1.54, 1.807) is 20.0 Å². The van der Waals surface area contributed by atoms with Crippen LogP contribution in [0.1, 0.15) is 16.1 Å². The highest BCUT2D eigenvalue weighted by Crippen LogP contribution is 2.31. The molecule has 0 unspecified atom stereocenters. The minimum atomic E-state index is -0.521. The van der Waals surface area contributed by atoms with Crippen LogP contribution < -0.4 is 4.74 Å². The number of aryl methyl sites for hydroxylation is 2. The molecule has 7 nitrogen and oxygen atoms in total. The van der Waals surface area contributed by atoms with Crippen LogP contribution in [-0.4, -0.2) is 21.0 Å². The molecule has 1 aromatic carbocycles. The molecule has 1 aromatic heterocycles. The maximum Gasteiger partial charge on any atom is 0.274 e. The largest absolute Gasteiger partial charge is 0.438 e. The highest BCUT2D eigenvalue weighted by atomic mass is 79.9. The lowest BCUT2D eigenvalue weighted by molar-refractivity contribution is -0.385. The number of halogens is 1. The number of hydrogen-bond donors (Lipinski definition) is 0. The normalized spacial score (nSPS) is 10.3. The zero-order valence-corrected chi connectivity index (χ0v) is 12.2. The first kappa shape index (κ1) is 14.2. The van der Waals surface area contributed by atoms with Crippen LogP contribution in [0, 0.1) is 17.0 Å². The molecule has 0 N–H and O–H groups in total. The Kier molecular flexibility index (Phi) is 3.84. The van der Waals surface area contributed by atoms with E-state index >= 15 is 0 Å². The molecule has 8 heteroatoms. The fourth-order valence-corrected chi connectivity index (χ4v) is 2.19. The molecule has 0 saturated heterocycles. The number of non-ortho nitro benzene ring substituents is 1. The van der Waals surface area contributed by atoms with Crippen LogP contribution in [0.25, 0.3) is 0 Å². The Bertz CT molecular complexity index is 696. The van der Waals surface area contributed by atoms with E-state index in [2.05, 4.69) is 21.0 Å². The van der Waals surface area contributed by atoms with E-state index in [0.717, 1.165) is 0 Å². The lowest BCUT2D eigenvalue weighted by Gasteiger charge is -2.07. The van der Waals surface area contributed by atoms with Crippen molar-refractivity contribution < 1.29 is 14.5 Å². The zero-order valence-electron chi connectivity index (χ0n) is 10.7. The van der Waals surface area contributed by atoms with Crippen molar-refractivity contribution in [2.45, 2.75) is 6.92 Å². The van der Waals surface area contributed by atoms with Gasteiger partial charge in [0, 0.05) is 17.6 Å². The third kappa shape index (κ3) is 2.69. The summed E-state index contributed by atoms with van der Waals surface area (Å²) in [6.45, 7) is 1.68. The summed E-state index contributed by atoms with van der Waals surface area (Å²) in [7, 11) is 1.63. The van der Waals surface area contributed by atoms with Crippen molar-refractivity contribution in [3.8, 4) is 11.6 Å². The number of aromatic nitrogens is 2. The third-order valence-electron chi connectivity index (χ3n) is 2.61. The van der Waals surface area contributed by atoms with Crippen LogP contribution in [0.5, 0.6) is 11.6 Å². The smallest absolute Gasteiger partial charge is 0.274 e. The maximum absolute atomic E-state index is 11.0. The van der Waals surface area contributed by atoms with Crippen LogP contribution in [0.15, 0.2) is 22.7 Å². The summed E-state index contributed by atoms with van der Waals surface area (Å²) >= 11 is 3.18. The van der Waals surface area contributed by atoms with Gasteiger partial charge in [0.05, 0.1) is 22.2 Å². The molecule has 2 aromatic rings. The minimum absolute atomic E-state index is 0.110. The molecule has 0 fully saturated rings. The predicted molar refractivity (Wildman–Crippen MR) is 74.2 cm³/mol. The third-order valence-corrected chi connectivity index (χ3v) is 3.07. The Labute approximate surface area is 122 Å². The van der Waals surface area contributed by atoms with E-state index in [1.807, 2.05) is 0 Å². The van der Waals surface area contributed by atoms with Gasteiger partial charge in [-0.1, -0.05) is 15.9 Å². The van der Waals surface area contributed by atoms with Crippen molar-refractivity contribution in [2.24, 2.45) is 7.05 Å². The summed E-state index contributed by atoms with van der Waals surface area (Å²) in [5.74, 6) is 0.488. The number of carbonyl (C=O) groups excluding carboxylic acids is 1. The van der Waals surface area contributed by atoms with E-state index < -0.39 is 4.92 Å². The monoisotopic (exact) mass is 339 g/mol. The van der Waals surface area contributed by atoms with E-state index in [4.69, 9.17) is 4.74 Å². The van der Waals surface area contributed by atoms with Gasteiger partial charge < -0.3 is 4.74 Å². The van der Waals surface area contributed by atoms with Crippen LogP contribution in [0.3, 0.4) is 0 Å². The van der Waals surface area contributed by atoms with Crippen LogP contribution >= 0.6 is 15.9 Å². The van der Waals surface area contributed by atoms with E-state index in [0.29, 0.717) is 22.0 Å². The number of nitro groups is 1.